The molecule has 96 valence electrons. The Morgan fingerprint density at radius 2 is 2.28 bits per heavy atom. The predicted molar refractivity (Wildman–Crippen MR) is 74.1 cm³/mol. The summed E-state index contributed by atoms with van der Waals surface area (Å²) < 4.78 is 5.97. The molecule has 0 atom stereocenters. The molecule has 0 bridgehead atoms. The molecule has 1 aromatic carbocycles. The molecule has 0 aliphatic heterocycles. The minimum absolute atomic E-state index is 0.0624. The van der Waals surface area contributed by atoms with Crippen LogP contribution in [0.5, 0.6) is 5.75 Å². The molecule has 0 aliphatic carbocycles. The van der Waals surface area contributed by atoms with E-state index in [4.69, 9.17) is 21.4 Å². The van der Waals surface area contributed by atoms with Crippen LogP contribution in [0.15, 0.2) is 22.8 Å². The molecule has 0 spiro atoms. The van der Waals surface area contributed by atoms with E-state index in [1.165, 1.54) is 0 Å². The molecule has 0 radical (unpaired) electrons. The molecule has 0 saturated carbocycles. The van der Waals surface area contributed by atoms with Gasteiger partial charge in [0.1, 0.15) is 16.2 Å². The number of aromatic amines is 1. The second kappa shape index (κ2) is 5.73. The summed E-state index contributed by atoms with van der Waals surface area (Å²) >= 11 is 9.34. The minimum atomic E-state index is 0.0624. The van der Waals surface area contributed by atoms with E-state index in [9.17, 15) is 0 Å². The number of benzene rings is 1. The van der Waals surface area contributed by atoms with Gasteiger partial charge in [-0.15, -0.1) is 0 Å². The lowest BCUT2D eigenvalue weighted by molar-refractivity contribution is 0.298. The van der Waals surface area contributed by atoms with Gasteiger partial charge >= 0.3 is 0 Å². The molecule has 4 nitrogen and oxygen atoms in total. The summed E-state index contributed by atoms with van der Waals surface area (Å²) in [4.78, 5) is 7.50. The first kappa shape index (κ1) is 13.4. The Hall–Kier alpha value is -1.04. The number of aliphatic hydroxyl groups excluding tert-OH is 1. The van der Waals surface area contributed by atoms with Crippen LogP contribution in [0.25, 0.3) is 11.4 Å². The van der Waals surface area contributed by atoms with Crippen molar-refractivity contribution in [1.29, 1.82) is 0 Å². The van der Waals surface area contributed by atoms with Gasteiger partial charge in [0.05, 0.1) is 18.4 Å². The number of imidazole rings is 1. The van der Waals surface area contributed by atoms with Crippen LogP contribution in [0.4, 0.5) is 0 Å². The van der Waals surface area contributed by atoms with Crippen LogP contribution in [-0.4, -0.2) is 28.8 Å². The molecule has 0 aliphatic rings. The SMILES string of the molecule is COc1ccc(Cl)cc1-c1nc(Br)c(CCO)[nH]1. The Bertz CT molecular complexity index is 557. The van der Waals surface area contributed by atoms with Crippen LogP contribution in [0.3, 0.4) is 0 Å². The van der Waals surface area contributed by atoms with E-state index in [2.05, 4.69) is 25.9 Å². The van der Waals surface area contributed by atoms with Crippen molar-refractivity contribution in [3.8, 4) is 17.1 Å². The number of hydrogen-bond donors (Lipinski definition) is 2. The highest BCUT2D eigenvalue weighted by Gasteiger charge is 2.13. The number of rotatable bonds is 4. The van der Waals surface area contributed by atoms with Gasteiger partial charge in [0.2, 0.25) is 0 Å². The molecular formula is C12H12BrClN2O2. The second-order valence-corrected chi connectivity index (χ2v) is 4.86. The summed E-state index contributed by atoms with van der Waals surface area (Å²) in [5.74, 6) is 1.35. The van der Waals surface area contributed by atoms with E-state index in [-0.39, 0.29) is 6.61 Å². The number of H-pyrrole nitrogens is 1. The molecule has 0 amide bonds. The first-order valence-corrected chi connectivity index (χ1v) is 6.52. The summed E-state index contributed by atoms with van der Waals surface area (Å²) in [6.07, 6.45) is 0.510. The van der Waals surface area contributed by atoms with Crippen molar-refractivity contribution in [2.45, 2.75) is 6.42 Å². The Labute approximate surface area is 118 Å². The van der Waals surface area contributed by atoms with Crippen LogP contribution in [0.2, 0.25) is 5.02 Å². The van der Waals surface area contributed by atoms with Crippen molar-refractivity contribution >= 4 is 27.5 Å². The van der Waals surface area contributed by atoms with Crippen LogP contribution in [-0.2, 0) is 6.42 Å². The molecule has 0 unspecified atom stereocenters. The number of ether oxygens (including phenoxy) is 1. The summed E-state index contributed by atoms with van der Waals surface area (Å²) in [6.45, 7) is 0.0624. The van der Waals surface area contributed by atoms with Crippen molar-refractivity contribution < 1.29 is 9.84 Å². The number of aromatic nitrogens is 2. The first-order valence-electron chi connectivity index (χ1n) is 5.35. The number of aliphatic hydroxyl groups is 1. The van der Waals surface area contributed by atoms with Crippen molar-refractivity contribution in [3.05, 3.63) is 33.5 Å². The molecule has 2 aromatic rings. The molecule has 2 N–H and O–H groups in total. The summed E-state index contributed by atoms with van der Waals surface area (Å²) in [5, 5.41) is 9.57. The number of hydrogen-bond acceptors (Lipinski definition) is 3. The second-order valence-electron chi connectivity index (χ2n) is 3.67. The smallest absolute Gasteiger partial charge is 0.142 e. The highest BCUT2D eigenvalue weighted by atomic mass is 79.9. The number of nitrogens with one attached hydrogen (secondary N) is 1. The largest absolute Gasteiger partial charge is 0.496 e. The van der Waals surface area contributed by atoms with Crippen molar-refractivity contribution in [1.82, 2.24) is 9.97 Å². The van der Waals surface area contributed by atoms with E-state index in [0.29, 0.717) is 27.6 Å². The van der Waals surface area contributed by atoms with Crippen molar-refractivity contribution in [2.75, 3.05) is 13.7 Å². The fourth-order valence-electron chi connectivity index (χ4n) is 1.66. The van der Waals surface area contributed by atoms with Gasteiger partial charge in [-0.1, -0.05) is 11.6 Å². The van der Waals surface area contributed by atoms with Gasteiger partial charge < -0.3 is 14.8 Å². The summed E-state index contributed by atoms with van der Waals surface area (Å²) in [7, 11) is 1.60. The molecule has 2 rings (SSSR count). The third kappa shape index (κ3) is 2.68. The van der Waals surface area contributed by atoms with E-state index in [1.54, 1.807) is 25.3 Å². The van der Waals surface area contributed by atoms with Gasteiger partial charge in [-0.05, 0) is 34.1 Å². The number of nitrogens with zero attached hydrogens (tertiary/aromatic N) is 1. The van der Waals surface area contributed by atoms with E-state index >= 15 is 0 Å². The van der Waals surface area contributed by atoms with Gasteiger partial charge in [-0.25, -0.2) is 4.98 Å². The average molecular weight is 332 g/mol. The molecule has 18 heavy (non-hydrogen) atoms. The lowest BCUT2D eigenvalue weighted by Gasteiger charge is -2.06. The monoisotopic (exact) mass is 330 g/mol. The maximum Gasteiger partial charge on any atom is 0.142 e. The minimum Gasteiger partial charge on any atom is -0.496 e. The standard InChI is InChI=1S/C12H12BrClN2O2/c1-18-10-3-2-7(14)6-8(10)12-15-9(4-5-17)11(13)16-12/h2-3,6,17H,4-5H2,1H3,(H,15,16). The van der Waals surface area contributed by atoms with Crippen LogP contribution in [0, 0.1) is 0 Å². The molecule has 1 aromatic heterocycles. The maximum absolute atomic E-state index is 8.95. The van der Waals surface area contributed by atoms with E-state index in [0.717, 1.165) is 11.3 Å². The molecule has 1 heterocycles. The normalized spacial score (nSPS) is 10.7. The zero-order chi connectivity index (χ0) is 13.1. The Morgan fingerprint density at radius 3 is 2.94 bits per heavy atom. The van der Waals surface area contributed by atoms with Crippen LogP contribution in [0.1, 0.15) is 5.69 Å². The summed E-state index contributed by atoms with van der Waals surface area (Å²) in [6, 6.07) is 5.34. The molecular weight excluding hydrogens is 320 g/mol. The van der Waals surface area contributed by atoms with Crippen molar-refractivity contribution in [2.24, 2.45) is 0 Å². The zero-order valence-electron chi connectivity index (χ0n) is 9.70. The van der Waals surface area contributed by atoms with Gasteiger partial charge in [0, 0.05) is 18.1 Å². The number of halogens is 2. The predicted octanol–water partition coefficient (Wildman–Crippen LogP) is 3.04. The molecule has 0 saturated heterocycles. The summed E-state index contributed by atoms with van der Waals surface area (Å²) in [5.41, 5.74) is 1.63. The quantitative estimate of drug-likeness (QED) is 0.905. The Balaban J connectivity index is 2.47. The zero-order valence-corrected chi connectivity index (χ0v) is 12.0. The van der Waals surface area contributed by atoms with E-state index < -0.39 is 0 Å². The maximum atomic E-state index is 8.95. The van der Waals surface area contributed by atoms with Crippen molar-refractivity contribution in [3.63, 3.8) is 0 Å². The Kier molecular flexibility index (Phi) is 4.27. The average Bonchev–Trinajstić information content (AvgIpc) is 2.71. The van der Waals surface area contributed by atoms with Crippen LogP contribution >= 0.6 is 27.5 Å². The highest BCUT2D eigenvalue weighted by Crippen LogP contribution is 2.32. The molecule has 0 fully saturated rings. The van der Waals surface area contributed by atoms with Gasteiger partial charge in [0.15, 0.2) is 0 Å². The van der Waals surface area contributed by atoms with Gasteiger partial charge in [-0.2, -0.15) is 0 Å². The Morgan fingerprint density at radius 1 is 1.50 bits per heavy atom. The number of methoxy groups -OCH3 is 1. The van der Waals surface area contributed by atoms with Crippen LogP contribution < -0.4 is 4.74 Å². The lowest BCUT2D eigenvalue weighted by atomic mass is 10.2. The van der Waals surface area contributed by atoms with Gasteiger partial charge in [0.25, 0.3) is 0 Å². The fourth-order valence-corrected chi connectivity index (χ4v) is 2.31. The fraction of sp³-hybridized carbons (Fsp3) is 0.250. The lowest BCUT2D eigenvalue weighted by Crippen LogP contribution is -1.92. The van der Waals surface area contributed by atoms with E-state index in [1.807, 2.05) is 0 Å². The molecule has 6 heteroatoms. The topological polar surface area (TPSA) is 58.1 Å². The third-order valence-electron chi connectivity index (χ3n) is 2.51. The first-order chi connectivity index (χ1) is 8.65. The highest BCUT2D eigenvalue weighted by molar-refractivity contribution is 9.10. The third-order valence-corrected chi connectivity index (χ3v) is 3.40. The van der Waals surface area contributed by atoms with Gasteiger partial charge in [-0.3, -0.25) is 0 Å².